The molecule has 5 nitrogen and oxygen atoms in total. The highest BCUT2D eigenvalue weighted by atomic mass is 16.6. The maximum Gasteiger partial charge on any atom is 0.421 e. The summed E-state index contributed by atoms with van der Waals surface area (Å²) in [4.78, 5) is 12.3. The lowest BCUT2D eigenvalue weighted by molar-refractivity contribution is 0.108. The van der Waals surface area contributed by atoms with Gasteiger partial charge >= 0.3 is 6.09 Å². The number of hydrogen-bond acceptors (Lipinski definition) is 4. The van der Waals surface area contributed by atoms with Gasteiger partial charge in [0.15, 0.2) is 0 Å². The third-order valence-corrected chi connectivity index (χ3v) is 4.70. The second-order valence-electron chi connectivity index (χ2n) is 6.91. The Labute approximate surface area is 164 Å². The fourth-order valence-electron chi connectivity index (χ4n) is 3.59. The number of carbonyl (C=O) groups is 1. The van der Waals surface area contributed by atoms with Gasteiger partial charge in [-0.05, 0) is 31.5 Å². The molecule has 0 unspecified atom stereocenters. The molecule has 0 aromatic heterocycles. The largest absolute Gasteiger partial charge is 0.457 e. The van der Waals surface area contributed by atoms with Crippen molar-refractivity contribution < 1.29 is 14.3 Å². The molecule has 0 aliphatic carbocycles. The standard InChI is InChI=1S/C23H22N2O3/c1-16(2)27-22(26)24-25-23(17-10-4-3-5-11-17)18-12-6-8-14-20(18)28-21-15-9-7-13-19(21)23/h3-16,25H,1-2H3,(H,24,26). The van der Waals surface area contributed by atoms with Crippen molar-refractivity contribution in [1.29, 1.82) is 0 Å². The summed E-state index contributed by atoms with van der Waals surface area (Å²) in [5.74, 6) is 1.47. The predicted octanol–water partition coefficient (Wildman–Crippen LogP) is 4.72. The van der Waals surface area contributed by atoms with Crippen LogP contribution in [0.1, 0.15) is 30.5 Å². The first kappa shape index (κ1) is 18.1. The average Bonchev–Trinajstić information content (AvgIpc) is 2.71. The fourth-order valence-corrected chi connectivity index (χ4v) is 3.59. The van der Waals surface area contributed by atoms with Gasteiger partial charge in [0.25, 0.3) is 0 Å². The Hall–Kier alpha value is -3.31. The molecule has 1 aliphatic heterocycles. The molecule has 4 rings (SSSR count). The monoisotopic (exact) mass is 374 g/mol. The molecule has 1 amide bonds. The van der Waals surface area contributed by atoms with Crippen molar-refractivity contribution in [2.24, 2.45) is 0 Å². The van der Waals surface area contributed by atoms with Crippen LogP contribution in [0.5, 0.6) is 11.5 Å². The van der Waals surface area contributed by atoms with Gasteiger partial charge in [-0.25, -0.2) is 10.2 Å². The molecule has 3 aromatic carbocycles. The Morgan fingerprint density at radius 3 is 1.96 bits per heavy atom. The summed E-state index contributed by atoms with van der Waals surface area (Å²) in [6, 6.07) is 25.6. The molecule has 2 N–H and O–H groups in total. The molecule has 0 spiro atoms. The molecule has 0 bridgehead atoms. The van der Waals surface area contributed by atoms with E-state index in [1.807, 2.05) is 92.7 Å². The van der Waals surface area contributed by atoms with Crippen LogP contribution in [0, 0.1) is 0 Å². The van der Waals surface area contributed by atoms with Gasteiger partial charge in [-0.15, -0.1) is 0 Å². The molecule has 0 fully saturated rings. The third kappa shape index (κ3) is 3.10. The van der Waals surface area contributed by atoms with Crippen LogP contribution < -0.4 is 15.6 Å². The molecular weight excluding hydrogens is 352 g/mol. The lowest BCUT2D eigenvalue weighted by Gasteiger charge is -2.41. The summed E-state index contributed by atoms with van der Waals surface area (Å²) in [5.41, 5.74) is 7.96. The van der Waals surface area contributed by atoms with Gasteiger partial charge in [-0.2, -0.15) is 0 Å². The second kappa shape index (κ2) is 7.37. The average molecular weight is 374 g/mol. The maximum absolute atomic E-state index is 12.3. The van der Waals surface area contributed by atoms with E-state index in [0.717, 1.165) is 28.2 Å². The Morgan fingerprint density at radius 2 is 1.39 bits per heavy atom. The van der Waals surface area contributed by atoms with E-state index in [1.54, 1.807) is 0 Å². The van der Waals surface area contributed by atoms with Crippen LogP contribution in [0.4, 0.5) is 4.79 Å². The zero-order chi connectivity index (χ0) is 19.6. The Balaban J connectivity index is 1.89. The number of hydrogen-bond donors (Lipinski definition) is 2. The number of nitrogens with one attached hydrogen (secondary N) is 2. The maximum atomic E-state index is 12.3. The summed E-state index contributed by atoms with van der Waals surface area (Å²) in [5, 5.41) is 0. The minimum Gasteiger partial charge on any atom is -0.457 e. The minimum atomic E-state index is -0.831. The third-order valence-electron chi connectivity index (χ3n) is 4.70. The summed E-state index contributed by atoms with van der Waals surface area (Å²) in [6.07, 6.45) is -0.754. The van der Waals surface area contributed by atoms with Gasteiger partial charge in [0.1, 0.15) is 17.0 Å². The molecule has 0 saturated heterocycles. The molecule has 142 valence electrons. The van der Waals surface area contributed by atoms with E-state index >= 15 is 0 Å². The normalized spacial score (nSPS) is 13.8. The molecule has 5 heteroatoms. The Bertz CT molecular complexity index is 940. The minimum absolute atomic E-state index is 0.219. The highest BCUT2D eigenvalue weighted by Gasteiger charge is 2.44. The van der Waals surface area contributed by atoms with E-state index in [9.17, 15) is 4.79 Å². The fraction of sp³-hybridized carbons (Fsp3) is 0.174. The van der Waals surface area contributed by atoms with Crippen LogP contribution in [0.25, 0.3) is 0 Å². The highest BCUT2D eigenvalue weighted by molar-refractivity contribution is 5.68. The number of carbonyl (C=O) groups excluding carboxylic acids is 1. The molecule has 1 heterocycles. The Morgan fingerprint density at radius 1 is 0.857 bits per heavy atom. The smallest absolute Gasteiger partial charge is 0.421 e. The first-order chi connectivity index (χ1) is 13.6. The van der Waals surface area contributed by atoms with Crippen LogP contribution in [-0.4, -0.2) is 12.2 Å². The van der Waals surface area contributed by atoms with E-state index in [1.165, 1.54) is 0 Å². The van der Waals surface area contributed by atoms with Crippen molar-refractivity contribution in [1.82, 2.24) is 10.9 Å². The number of amides is 1. The van der Waals surface area contributed by atoms with Crippen molar-refractivity contribution in [2.75, 3.05) is 0 Å². The summed E-state index contributed by atoms with van der Waals surface area (Å²) in [7, 11) is 0. The summed E-state index contributed by atoms with van der Waals surface area (Å²) >= 11 is 0. The SMILES string of the molecule is CC(C)OC(=O)NNC1(c2ccccc2)c2ccccc2Oc2ccccc21. The van der Waals surface area contributed by atoms with Crippen LogP contribution in [0.2, 0.25) is 0 Å². The van der Waals surface area contributed by atoms with E-state index in [0.29, 0.717) is 0 Å². The molecule has 0 atom stereocenters. The quantitative estimate of drug-likeness (QED) is 0.649. The molecule has 0 radical (unpaired) electrons. The van der Waals surface area contributed by atoms with Crippen LogP contribution >= 0.6 is 0 Å². The van der Waals surface area contributed by atoms with Crippen LogP contribution in [0.15, 0.2) is 78.9 Å². The first-order valence-electron chi connectivity index (χ1n) is 9.27. The van der Waals surface area contributed by atoms with E-state index in [-0.39, 0.29) is 6.10 Å². The van der Waals surface area contributed by atoms with Gasteiger partial charge in [0, 0.05) is 11.1 Å². The van der Waals surface area contributed by atoms with Gasteiger partial charge in [0.2, 0.25) is 0 Å². The topological polar surface area (TPSA) is 59.6 Å². The Kier molecular flexibility index (Phi) is 4.75. The lowest BCUT2D eigenvalue weighted by Crippen LogP contribution is -2.54. The highest BCUT2D eigenvalue weighted by Crippen LogP contribution is 2.49. The zero-order valence-electron chi connectivity index (χ0n) is 15.8. The molecular formula is C23H22N2O3. The predicted molar refractivity (Wildman–Crippen MR) is 107 cm³/mol. The molecule has 3 aromatic rings. The summed E-state index contributed by atoms with van der Waals surface area (Å²) < 4.78 is 11.4. The zero-order valence-corrected chi connectivity index (χ0v) is 15.8. The number of benzene rings is 3. The van der Waals surface area contributed by atoms with Gasteiger partial charge in [0.05, 0.1) is 6.10 Å². The van der Waals surface area contributed by atoms with E-state index < -0.39 is 11.6 Å². The number of hydrazine groups is 1. The summed E-state index contributed by atoms with van der Waals surface area (Å²) in [6.45, 7) is 3.62. The van der Waals surface area contributed by atoms with Crippen molar-refractivity contribution >= 4 is 6.09 Å². The van der Waals surface area contributed by atoms with Crippen molar-refractivity contribution in [3.05, 3.63) is 95.6 Å². The number of ether oxygens (including phenoxy) is 2. The lowest BCUT2D eigenvalue weighted by atomic mass is 9.75. The molecule has 0 saturated carbocycles. The van der Waals surface area contributed by atoms with E-state index in [4.69, 9.17) is 9.47 Å². The van der Waals surface area contributed by atoms with Gasteiger partial charge < -0.3 is 9.47 Å². The first-order valence-corrected chi connectivity index (χ1v) is 9.27. The number of fused-ring (bicyclic) bond motifs is 2. The van der Waals surface area contributed by atoms with Crippen LogP contribution in [-0.2, 0) is 10.3 Å². The van der Waals surface area contributed by atoms with Crippen molar-refractivity contribution in [3.8, 4) is 11.5 Å². The van der Waals surface area contributed by atoms with Crippen molar-refractivity contribution in [2.45, 2.75) is 25.5 Å². The molecule has 28 heavy (non-hydrogen) atoms. The van der Waals surface area contributed by atoms with Gasteiger partial charge in [-0.3, -0.25) is 5.43 Å². The van der Waals surface area contributed by atoms with Crippen molar-refractivity contribution in [3.63, 3.8) is 0 Å². The van der Waals surface area contributed by atoms with Crippen LogP contribution in [0.3, 0.4) is 0 Å². The molecule has 1 aliphatic rings. The van der Waals surface area contributed by atoms with E-state index in [2.05, 4.69) is 10.9 Å². The van der Waals surface area contributed by atoms with Gasteiger partial charge in [-0.1, -0.05) is 66.7 Å². The number of para-hydroxylation sites is 2. The second-order valence-corrected chi connectivity index (χ2v) is 6.91. The number of rotatable bonds is 4.